The lowest BCUT2D eigenvalue weighted by Gasteiger charge is -2.32. The fraction of sp³-hybridized carbons (Fsp3) is 0.769. The first-order valence-corrected chi connectivity index (χ1v) is 7.29. The first kappa shape index (κ1) is 13.0. The number of rotatable bonds is 4. The standard InChI is InChI=1S/C13H22N2OS/c1-9-8-17-13(14-9)10(2)15-11-6-4-5-7-12(11)16-3/h8,10-12,15H,4-7H2,1-3H3. The maximum Gasteiger partial charge on any atom is 0.110 e. The number of thiazole rings is 1. The van der Waals surface area contributed by atoms with Crippen molar-refractivity contribution in [1.29, 1.82) is 0 Å². The van der Waals surface area contributed by atoms with Gasteiger partial charge in [-0.3, -0.25) is 0 Å². The molecule has 0 aromatic carbocycles. The molecule has 1 saturated carbocycles. The van der Waals surface area contributed by atoms with Gasteiger partial charge in [0.05, 0.1) is 12.1 Å². The molecule has 1 N–H and O–H groups in total. The summed E-state index contributed by atoms with van der Waals surface area (Å²) in [4.78, 5) is 4.54. The van der Waals surface area contributed by atoms with Gasteiger partial charge in [-0.05, 0) is 26.7 Å². The monoisotopic (exact) mass is 254 g/mol. The highest BCUT2D eigenvalue weighted by Gasteiger charge is 2.26. The molecular weight excluding hydrogens is 232 g/mol. The van der Waals surface area contributed by atoms with E-state index in [0.717, 1.165) is 5.69 Å². The molecule has 0 amide bonds. The lowest BCUT2D eigenvalue weighted by atomic mass is 9.92. The highest BCUT2D eigenvalue weighted by atomic mass is 32.1. The van der Waals surface area contributed by atoms with Crippen LogP contribution in [0.5, 0.6) is 0 Å². The van der Waals surface area contributed by atoms with Crippen LogP contribution in [-0.4, -0.2) is 24.2 Å². The maximum atomic E-state index is 5.57. The summed E-state index contributed by atoms with van der Waals surface area (Å²) in [6, 6.07) is 0.808. The number of hydrogen-bond donors (Lipinski definition) is 1. The Kier molecular flexibility index (Phi) is 4.54. The Morgan fingerprint density at radius 1 is 1.47 bits per heavy atom. The van der Waals surface area contributed by atoms with Gasteiger partial charge in [0.2, 0.25) is 0 Å². The lowest BCUT2D eigenvalue weighted by Crippen LogP contribution is -2.44. The van der Waals surface area contributed by atoms with Crippen LogP contribution in [0.25, 0.3) is 0 Å². The van der Waals surface area contributed by atoms with Gasteiger partial charge < -0.3 is 10.1 Å². The SMILES string of the molecule is COC1CCCCC1NC(C)c1nc(C)cs1. The first-order chi connectivity index (χ1) is 8.20. The van der Waals surface area contributed by atoms with Gasteiger partial charge in [-0.25, -0.2) is 4.98 Å². The van der Waals surface area contributed by atoms with Crippen LogP contribution in [0, 0.1) is 6.92 Å². The minimum Gasteiger partial charge on any atom is -0.380 e. The summed E-state index contributed by atoms with van der Waals surface area (Å²) < 4.78 is 5.57. The van der Waals surface area contributed by atoms with E-state index in [4.69, 9.17) is 4.74 Å². The Balaban J connectivity index is 1.94. The zero-order chi connectivity index (χ0) is 12.3. The average Bonchev–Trinajstić information content (AvgIpc) is 2.77. The summed E-state index contributed by atoms with van der Waals surface area (Å²) in [5.41, 5.74) is 1.12. The average molecular weight is 254 g/mol. The maximum absolute atomic E-state index is 5.57. The minimum atomic E-state index is 0.328. The van der Waals surface area contributed by atoms with Crippen LogP contribution < -0.4 is 5.32 Å². The summed E-state index contributed by atoms with van der Waals surface area (Å²) in [5.74, 6) is 0. The molecule has 3 nitrogen and oxygen atoms in total. The number of aromatic nitrogens is 1. The fourth-order valence-corrected chi connectivity index (χ4v) is 3.35. The van der Waals surface area contributed by atoms with Crippen molar-refractivity contribution in [3.05, 3.63) is 16.1 Å². The summed E-state index contributed by atoms with van der Waals surface area (Å²) >= 11 is 1.74. The quantitative estimate of drug-likeness (QED) is 0.896. The first-order valence-electron chi connectivity index (χ1n) is 6.41. The van der Waals surface area contributed by atoms with Crippen LogP contribution >= 0.6 is 11.3 Å². The highest BCUT2D eigenvalue weighted by Crippen LogP contribution is 2.25. The summed E-state index contributed by atoms with van der Waals surface area (Å²) in [7, 11) is 1.82. The van der Waals surface area contributed by atoms with Crippen LogP contribution in [-0.2, 0) is 4.74 Å². The van der Waals surface area contributed by atoms with Crippen LogP contribution in [0.4, 0.5) is 0 Å². The molecule has 1 aromatic heterocycles. The number of ether oxygens (including phenoxy) is 1. The van der Waals surface area contributed by atoms with E-state index in [1.54, 1.807) is 11.3 Å². The van der Waals surface area contributed by atoms with E-state index in [-0.39, 0.29) is 0 Å². The van der Waals surface area contributed by atoms with Gasteiger partial charge in [0, 0.05) is 24.2 Å². The van der Waals surface area contributed by atoms with Gasteiger partial charge >= 0.3 is 0 Å². The molecule has 1 heterocycles. The van der Waals surface area contributed by atoms with E-state index < -0.39 is 0 Å². The largest absolute Gasteiger partial charge is 0.380 e. The molecule has 17 heavy (non-hydrogen) atoms. The van der Waals surface area contributed by atoms with Gasteiger partial charge in [-0.15, -0.1) is 11.3 Å². The third kappa shape index (κ3) is 3.27. The molecule has 1 aliphatic rings. The van der Waals surface area contributed by atoms with Crippen LogP contribution in [0.15, 0.2) is 5.38 Å². The normalized spacial score (nSPS) is 27.0. The topological polar surface area (TPSA) is 34.1 Å². The summed E-state index contributed by atoms with van der Waals surface area (Å²) in [5, 5.41) is 6.97. The van der Waals surface area contributed by atoms with Crippen molar-refractivity contribution >= 4 is 11.3 Å². The summed E-state index contributed by atoms with van der Waals surface area (Å²) in [6.45, 7) is 4.24. The molecule has 4 heteroatoms. The van der Waals surface area contributed by atoms with E-state index in [9.17, 15) is 0 Å². The van der Waals surface area contributed by atoms with E-state index in [2.05, 4.69) is 22.6 Å². The molecule has 2 rings (SSSR count). The van der Waals surface area contributed by atoms with E-state index in [0.29, 0.717) is 18.2 Å². The third-order valence-corrected chi connectivity index (χ3v) is 4.62. The Hall–Kier alpha value is -0.450. The van der Waals surface area contributed by atoms with Gasteiger partial charge in [0.25, 0.3) is 0 Å². The number of methoxy groups -OCH3 is 1. The molecular formula is C13H22N2OS. The predicted molar refractivity (Wildman–Crippen MR) is 71.5 cm³/mol. The number of nitrogens with one attached hydrogen (secondary N) is 1. The second kappa shape index (κ2) is 5.94. The molecule has 1 aliphatic carbocycles. The van der Waals surface area contributed by atoms with E-state index >= 15 is 0 Å². The van der Waals surface area contributed by atoms with Crippen molar-refractivity contribution in [2.75, 3.05) is 7.11 Å². The minimum absolute atomic E-state index is 0.328. The Morgan fingerprint density at radius 2 is 2.24 bits per heavy atom. The van der Waals surface area contributed by atoms with Crippen molar-refractivity contribution in [3.8, 4) is 0 Å². The van der Waals surface area contributed by atoms with Crippen molar-refractivity contribution in [1.82, 2.24) is 10.3 Å². The molecule has 0 radical (unpaired) electrons. The molecule has 96 valence electrons. The number of hydrogen-bond acceptors (Lipinski definition) is 4. The molecule has 0 aliphatic heterocycles. The Morgan fingerprint density at radius 3 is 2.88 bits per heavy atom. The fourth-order valence-electron chi connectivity index (χ4n) is 2.53. The van der Waals surface area contributed by atoms with Gasteiger partial charge in [0.1, 0.15) is 5.01 Å². The summed E-state index contributed by atoms with van der Waals surface area (Å²) in [6.07, 6.45) is 5.36. The molecule has 0 saturated heterocycles. The second-order valence-electron chi connectivity index (χ2n) is 4.88. The number of aryl methyl sites for hydroxylation is 1. The molecule has 1 aromatic rings. The predicted octanol–water partition coefficient (Wildman–Crippen LogP) is 3.06. The van der Waals surface area contributed by atoms with Gasteiger partial charge in [-0.1, -0.05) is 12.8 Å². The van der Waals surface area contributed by atoms with Crippen molar-refractivity contribution in [2.24, 2.45) is 0 Å². The molecule has 0 bridgehead atoms. The molecule has 1 fully saturated rings. The Bertz CT molecular complexity index is 353. The zero-order valence-electron chi connectivity index (χ0n) is 10.9. The van der Waals surface area contributed by atoms with Crippen LogP contribution in [0.1, 0.15) is 49.4 Å². The van der Waals surface area contributed by atoms with Crippen molar-refractivity contribution in [3.63, 3.8) is 0 Å². The highest BCUT2D eigenvalue weighted by molar-refractivity contribution is 7.09. The molecule has 0 spiro atoms. The smallest absolute Gasteiger partial charge is 0.110 e. The van der Waals surface area contributed by atoms with Crippen molar-refractivity contribution in [2.45, 2.75) is 57.7 Å². The van der Waals surface area contributed by atoms with Gasteiger partial charge in [-0.2, -0.15) is 0 Å². The Labute approximate surface area is 108 Å². The van der Waals surface area contributed by atoms with Crippen LogP contribution in [0.3, 0.4) is 0 Å². The lowest BCUT2D eigenvalue weighted by molar-refractivity contribution is 0.0384. The zero-order valence-corrected chi connectivity index (χ0v) is 11.7. The third-order valence-electron chi connectivity index (χ3n) is 3.48. The molecule has 3 unspecified atom stereocenters. The van der Waals surface area contributed by atoms with Crippen molar-refractivity contribution < 1.29 is 4.74 Å². The van der Waals surface area contributed by atoms with E-state index in [1.165, 1.54) is 30.7 Å². The van der Waals surface area contributed by atoms with Crippen LogP contribution in [0.2, 0.25) is 0 Å². The van der Waals surface area contributed by atoms with E-state index in [1.807, 2.05) is 14.0 Å². The molecule has 3 atom stereocenters. The number of nitrogens with zero attached hydrogens (tertiary/aromatic N) is 1. The van der Waals surface area contributed by atoms with Gasteiger partial charge in [0.15, 0.2) is 0 Å². The second-order valence-corrected chi connectivity index (χ2v) is 5.77.